The van der Waals surface area contributed by atoms with Gasteiger partial charge in [-0.2, -0.15) is 0 Å². The van der Waals surface area contributed by atoms with E-state index in [2.05, 4.69) is 20.8 Å². The van der Waals surface area contributed by atoms with Crippen LogP contribution in [0.1, 0.15) is 59.3 Å². The monoisotopic (exact) mass is 374 g/mol. The second-order valence-electron chi connectivity index (χ2n) is 6.97. The number of unbranched alkanes of at least 4 members (excludes halogenated alkanes) is 3. The molecule has 1 heterocycles. The molecule has 0 aromatic heterocycles. The number of rotatable bonds is 12. The van der Waals surface area contributed by atoms with Crippen molar-refractivity contribution in [3.05, 3.63) is 0 Å². The quantitative estimate of drug-likeness (QED) is 0.415. The van der Waals surface area contributed by atoms with Crippen LogP contribution in [-0.2, 0) is 23.7 Å². The molecule has 6 atom stereocenters. The van der Waals surface area contributed by atoms with Crippen LogP contribution in [0, 0.1) is 0 Å². The van der Waals surface area contributed by atoms with E-state index in [1.54, 1.807) is 0 Å². The fourth-order valence-corrected chi connectivity index (χ4v) is 3.32. The maximum atomic E-state index is 11.8. The van der Waals surface area contributed by atoms with Crippen molar-refractivity contribution in [2.24, 2.45) is 0 Å². The van der Waals surface area contributed by atoms with Crippen molar-refractivity contribution < 1.29 is 33.6 Å². The van der Waals surface area contributed by atoms with E-state index in [0.717, 1.165) is 38.5 Å². The third-order valence-electron chi connectivity index (χ3n) is 4.86. The lowest BCUT2D eigenvalue weighted by molar-refractivity contribution is -0.232. The third kappa shape index (κ3) is 5.31. The smallest absolute Gasteiger partial charge is 0.424 e. The lowest BCUT2D eigenvalue weighted by Gasteiger charge is -2.43. The molecule has 1 aliphatic heterocycles. The van der Waals surface area contributed by atoms with Crippen LogP contribution >= 0.6 is 0 Å². The van der Waals surface area contributed by atoms with Gasteiger partial charge in [0.15, 0.2) is 12.2 Å². The highest BCUT2D eigenvalue weighted by Crippen LogP contribution is 2.36. The Bertz CT molecular complexity index is 417. The molecule has 0 amide bonds. The molecule has 26 heavy (non-hydrogen) atoms. The van der Waals surface area contributed by atoms with Crippen molar-refractivity contribution >= 4 is 6.16 Å². The predicted molar refractivity (Wildman–Crippen MR) is 95.1 cm³/mol. The maximum Gasteiger partial charge on any atom is 0.509 e. The Kier molecular flexibility index (Phi) is 9.11. The second kappa shape index (κ2) is 11.1. The van der Waals surface area contributed by atoms with Gasteiger partial charge < -0.3 is 28.8 Å². The lowest BCUT2D eigenvalue weighted by Crippen LogP contribution is -2.64. The van der Waals surface area contributed by atoms with Crippen molar-refractivity contribution in [1.29, 1.82) is 0 Å². The van der Waals surface area contributed by atoms with Crippen LogP contribution in [0.25, 0.3) is 0 Å². The Morgan fingerprint density at radius 1 is 0.769 bits per heavy atom. The Morgan fingerprint density at radius 2 is 1.19 bits per heavy atom. The van der Waals surface area contributed by atoms with Crippen LogP contribution in [-0.4, -0.2) is 67.7 Å². The highest BCUT2D eigenvalue weighted by atomic mass is 16.8. The molecule has 152 valence electrons. The van der Waals surface area contributed by atoms with Crippen LogP contribution in [0.15, 0.2) is 0 Å². The molecule has 2 fully saturated rings. The van der Waals surface area contributed by atoms with E-state index < -0.39 is 42.8 Å². The largest absolute Gasteiger partial charge is 0.509 e. The highest BCUT2D eigenvalue weighted by molar-refractivity contribution is 5.63. The molecule has 0 spiro atoms. The normalized spacial score (nSPS) is 33.6. The zero-order chi connectivity index (χ0) is 18.9. The van der Waals surface area contributed by atoms with Gasteiger partial charge in [0.1, 0.15) is 24.4 Å². The van der Waals surface area contributed by atoms with Crippen LogP contribution in [0.3, 0.4) is 0 Å². The average Bonchev–Trinajstić information content (AvgIpc) is 3.01. The van der Waals surface area contributed by atoms with E-state index >= 15 is 0 Å². The van der Waals surface area contributed by atoms with E-state index in [1.807, 2.05) is 0 Å². The fourth-order valence-electron chi connectivity index (χ4n) is 3.32. The number of hydrogen-bond donors (Lipinski definition) is 1. The maximum absolute atomic E-state index is 11.8. The van der Waals surface area contributed by atoms with Gasteiger partial charge in [0.25, 0.3) is 0 Å². The molecule has 0 radical (unpaired) electrons. The van der Waals surface area contributed by atoms with E-state index in [-0.39, 0.29) is 0 Å². The summed E-state index contributed by atoms with van der Waals surface area (Å²) < 4.78 is 28.5. The Labute approximate surface area is 156 Å². The van der Waals surface area contributed by atoms with Crippen molar-refractivity contribution in [2.75, 3.05) is 19.8 Å². The molecular formula is C19H34O7. The van der Waals surface area contributed by atoms with Crippen molar-refractivity contribution in [2.45, 2.75) is 95.9 Å². The van der Waals surface area contributed by atoms with Gasteiger partial charge in [-0.1, -0.05) is 40.0 Å². The first-order valence-corrected chi connectivity index (χ1v) is 10.0. The number of aliphatic hydroxyl groups is 1. The highest BCUT2D eigenvalue weighted by Gasteiger charge is 2.59. The van der Waals surface area contributed by atoms with Gasteiger partial charge in [-0.25, -0.2) is 4.79 Å². The van der Waals surface area contributed by atoms with E-state index in [4.69, 9.17) is 23.7 Å². The summed E-state index contributed by atoms with van der Waals surface area (Å²) in [6.45, 7) is 7.74. The standard InChI is InChI=1S/C19H34O7/c1-4-7-10-22-14-13(20)15(23-11-8-5-2)17-18(26-19(21)25-17)16(14)24-12-9-6-3/h13-18,20H,4-12H2,1-3H3/t13-,14+,15+,16+,17-,18-/m1/s1. The summed E-state index contributed by atoms with van der Waals surface area (Å²) in [6.07, 6.45) is 0.780. The molecule has 0 bridgehead atoms. The zero-order valence-corrected chi connectivity index (χ0v) is 16.2. The molecule has 0 aromatic rings. The van der Waals surface area contributed by atoms with Gasteiger partial charge in [-0.3, -0.25) is 0 Å². The summed E-state index contributed by atoms with van der Waals surface area (Å²) in [5.74, 6) is 0. The van der Waals surface area contributed by atoms with Gasteiger partial charge in [-0.05, 0) is 19.3 Å². The molecule has 7 nitrogen and oxygen atoms in total. The first-order chi connectivity index (χ1) is 12.6. The van der Waals surface area contributed by atoms with E-state index in [1.165, 1.54) is 0 Å². The van der Waals surface area contributed by atoms with Gasteiger partial charge >= 0.3 is 6.16 Å². The molecule has 0 unspecified atom stereocenters. The summed E-state index contributed by atoms with van der Waals surface area (Å²) in [4.78, 5) is 11.8. The van der Waals surface area contributed by atoms with Gasteiger partial charge in [0, 0.05) is 19.8 Å². The summed E-state index contributed by atoms with van der Waals surface area (Å²) in [5.41, 5.74) is 0. The average molecular weight is 374 g/mol. The molecule has 1 aliphatic carbocycles. The summed E-state index contributed by atoms with van der Waals surface area (Å²) >= 11 is 0. The first-order valence-electron chi connectivity index (χ1n) is 10.0. The Balaban J connectivity index is 2.14. The Morgan fingerprint density at radius 3 is 1.69 bits per heavy atom. The lowest BCUT2D eigenvalue weighted by atomic mass is 9.84. The van der Waals surface area contributed by atoms with Gasteiger partial charge in [0.2, 0.25) is 0 Å². The topological polar surface area (TPSA) is 83.5 Å². The third-order valence-corrected chi connectivity index (χ3v) is 4.86. The first kappa shape index (κ1) is 21.4. The van der Waals surface area contributed by atoms with E-state index in [9.17, 15) is 9.90 Å². The van der Waals surface area contributed by atoms with Crippen LogP contribution in [0.4, 0.5) is 4.79 Å². The minimum Gasteiger partial charge on any atom is -0.424 e. The second-order valence-corrected chi connectivity index (χ2v) is 6.97. The predicted octanol–water partition coefficient (Wildman–Crippen LogP) is 2.82. The molecule has 7 heteroatoms. The SMILES string of the molecule is CCCCO[C@@H]1[C@H]2OC(=O)O[C@@H]2[C@@H](OCCCC)[C@H](O)[C@@H]1OCCCC. The number of hydrogen-bond acceptors (Lipinski definition) is 7. The van der Waals surface area contributed by atoms with Crippen molar-refractivity contribution in [3.8, 4) is 0 Å². The Hall–Kier alpha value is -0.890. The summed E-state index contributed by atoms with van der Waals surface area (Å²) in [5, 5.41) is 10.9. The number of aliphatic hydroxyl groups excluding tert-OH is 1. The minimum atomic E-state index is -0.939. The molecule has 2 rings (SSSR count). The molecule has 1 N–H and O–H groups in total. The van der Waals surface area contributed by atoms with Crippen molar-refractivity contribution in [3.63, 3.8) is 0 Å². The molecular weight excluding hydrogens is 340 g/mol. The van der Waals surface area contributed by atoms with Crippen LogP contribution in [0.5, 0.6) is 0 Å². The van der Waals surface area contributed by atoms with E-state index in [0.29, 0.717) is 19.8 Å². The number of fused-ring (bicyclic) bond motifs is 1. The van der Waals surface area contributed by atoms with Crippen LogP contribution < -0.4 is 0 Å². The molecule has 2 aliphatic rings. The summed E-state index contributed by atoms with van der Waals surface area (Å²) in [6, 6.07) is 0. The zero-order valence-electron chi connectivity index (χ0n) is 16.2. The van der Waals surface area contributed by atoms with Gasteiger partial charge in [-0.15, -0.1) is 0 Å². The molecule has 1 saturated carbocycles. The summed E-state index contributed by atoms with van der Waals surface area (Å²) in [7, 11) is 0. The number of ether oxygens (including phenoxy) is 5. The van der Waals surface area contributed by atoms with Crippen molar-refractivity contribution in [1.82, 2.24) is 0 Å². The number of carbonyl (C=O) groups excluding carboxylic acids is 1. The minimum absolute atomic E-state index is 0.488. The molecule has 1 saturated heterocycles. The number of carbonyl (C=O) groups is 1. The fraction of sp³-hybridized carbons (Fsp3) is 0.947. The van der Waals surface area contributed by atoms with Crippen LogP contribution in [0.2, 0.25) is 0 Å². The molecule has 0 aromatic carbocycles. The van der Waals surface area contributed by atoms with Gasteiger partial charge in [0.05, 0.1) is 0 Å².